The molecular weight excluding hydrogens is 365 g/mol. The van der Waals surface area contributed by atoms with Crippen molar-refractivity contribution in [2.75, 3.05) is 19.5 Å². The maximum Gasteiger partial charge on any atom is 0.225 e. The molecule has 2 heterocycles. The lowest BCUT2D eigenvalue weighted by Gasteiger charge is -2.25. The number of carbonyl (C=O) groups excluding carboxylic acids is 1. The van der Waals surface area contributed by atoms with E-state index in [1.807, 2.05) is 23.6 Å². The van der Waals surface area contributed by atoms with Crippen LogP contribution in [0, 0.1) is 5.82 Å². The van der Waals surface area contributed by atoms with E-state index in [2.05, 4.69) is 5.32 Å². The van der Waals surface area contributed by atoms with Gasteiger partial charge in [-0.1, -0.05) is 18.2 Å². The number of thiophene rings is 1. The molecule has 27 heavy (non-hydrogen) atoms. The molecule has 2 aromatic carbocycles. The van der Waals surface area contributed by atoms with Gasteiger partial charge in [-0.3, -0.25) is 4.79 Å². The number of ether oxygens (including phenoxy) is 2. The number of benzene rings is 2. The molecule has 0 saturated heterocycles. The summed E-state index contributed by atoms with van der Waals surface area (Å²) >= 11 is 1.52. The molecule has 1 aliphatic rings. The summed E-state index contributed by atoms with van der Waals surface area (Å²) in [4.78, 5) is 13.4. The largest absolute Gasteiger partial charge is 0.497 e. The van der Waals surface area contributed by atoms with E-state index in [0.29, 0.717) is 34.7 Å². The van der Waals surface area contributed by atoms with Crippen molar-refractivity contribution in [1.29, 1.82) is 0 Å². The lowest BCUT2D eigenvalue weighted by Crippen LogP contribution is -2.22. The van der Waals surface area contributed by atoms with Gasteiger partial charge in [-0.15, -0.1) is 11.3 Å². The highest BCUT2D eigenvalue weighted by molar-refractivity contribution is 7.11. The van der Waals surface area contributed by atoms with E-state index in [1.165, 1.54) is 17.4 Å². The Kier molecular flexibility index (Phi) is 4.58. The number of amides is 1. The summed E-state index contributed by atoms with van der Waals surface area (Å²) in [5, 5.41) is 4.83. The van der Waals surface area contributed by atoms with Crippen LogP contribution < -0.4 is 14.8 Å². The first-order valence-electron chi connectivity index (χ1n) is 8.50. The SMILES string of the molecule is COc1ccc(OC)c(C2CC(=O)Nc3c(-c4ccccc4F)csc32)c1. The summed E-state index contributed by atoms with van der Waals surface area (Å²) in [6.45, 7) is 0. The Hall–Kier alpha value is -2.86. The van der Waals surface area contributed by atoms with E-state index < -0.39 is 0 Å². The van der Waals surface area contributed by atoms with Gasteiger partial charge in [0.1, 0.15) is 17.3 Å². The van der Waals surface area contributed by atoms with Crippen molar-refractivity contribution in [2.45, 2.75) is 12.3 Å². The normalized spacial score (nSPS) is 15.8. The molecule has 0 aliphatic carbocycles. The molecular formula is C21H18FNO3S. The van der Waals surface area contributed by atoms with Gasteiger partial charge in [0.2, 0.25) is 5.91 Å². The fraction of sp³-hybridized carbons (Fsp3) is 0.190. The highest BCUT2D eigenvalue weighted by atomic mass is 32.1. The first-order chi connectivity index (χ1) is 13.1. The molecule has 1 aromatic heterocycles. The van der Waals surface area contributed by atoms with E-state index >= 15 is 0 Å². The van der Waals surface area contributed by atoms with Crippen LogP contribution >= 0.6 is 11.3 Å². The number of carbonyl (C=O) groups is 1. The number of methoxy groups -OCH3 is 2. The van der Waals surface area contributed by atoms with Crippen LogP contribution in [0.25, 0.3) is 11.1 Å². The number of halogens is 1. The van der Waals surface area contributed by atoms with Crippen molar-refractivity contribution in [3.63, 3.8) is 0 Å². The number of rotatable bonds is 4. The van der Waals surface area contributed by atoms with E-state index in [1.54, 1.807) is 32.4 Å². The third-order valence-corrected chi connectivity index (χ3v) is 5.86. The van der Waals surface area contributed by atoms with Crippen molar-refractivity contribution >= 4 is 22.9 Å². The molecule has 4 nitrogen and oxygen atoms in total. The van der Waals surface area contributed by atoms with Crippen molar-refractivity contribution in [3.05, 3.63) is 64.1 Å². The van der Waals surface area contributed by atoms with Crippen molar-refractivity contribution in [1.82, 2.24) is 0 Å². The fourth-order valence-corrected chi connectivity index (χ4v) is 4.61. The number of hydrogen-bond acceptors (Lipinski definition) is 4. The predicted molar refractivity (Wildman–Crippen MR) is 104 cm³/mol. The van der Waals surface area contributed by atoms with Gasteiger partial charge in [0.05, 0.1) is 19.9 Å². The van der Waals surface area contributed by atoms with E-state index in [9.17, 15) is 9.18 Å². The van der Waals surface area contributed by atoms with Crippen molar-refractivity contribution in [2.24, 2.45) is 0 Å². The van der Waals surface area contributed by atoms with Gasteiger partial charge in [0.25, 0.3) is 0 Å². The molecule has 1 aliphatic heterocycles. The molecule has 0 radical (unpaired) electrons. The van der Waals surface area contributed by atoms with E-state index in [4.69, 9.17) is 9.47 Å². The molecule has 138 valence electrons. The fourth-order valence-electron chi connectivity index (χ4n) is 3.47. The number of hydrogen-bond donors (Lipinski definition) is 1. The Labute approximate surface area is 160 Å². The Morgan fingerprint density at radius 3 is 2.67 bits per heavy atom. The van der Waals surface area contributed by atoms with Gasteiger partial charge in [0, 0.05) is 39.3 Å². The Balaban J connectivity index is 1.86. The summed E-state index contributed by atoms with van der Waals surface area (Å²) in [6, 6.07) is 12.1. The summed E-state index contributed by atoms with van der Waals surface area (Å²) in [7, 11) is 3.21. The predicted octanol–water partition coefficient (Wildman–Crippen LogP) is 5.05. The lowest BCUT2D eigenvalue weighted by molar-refractivity contribution is -0.116. The minimum atomic E-state index is -0.312. The first-order valence-corrected chi connectivity index (χ1v) is 9.38. The van der Waals surface area contributed by atoms with Crippen LogP contribution in [0.3, 0.4) is 0 Å². The summed E-state index contributed by atoms with van der Waals surface area (Å²) in [5.74, 6) is 0.803. The molecule has 6 heteroatoms. The van der Waals surface area contributed by atoms with Gasteiger partial charge in [0.15, 0.2) is 0 Å². The molecule has 3 aromatic rings. The third kappa shape index (κ3) is 3.06. The van der Waals surface area contributed by atoms with Crippen LogP contribution in [0.5, 0.6) is 11.5 Å². The summed E-state index contributed by atoms with van der Waals surface area (Å²) < 4.78 is 25.2. The number of nitrogens with one attached hydrogen (secondary N) is 1. The highest BCUT2D eigenvalue weighted by Gasteiger charge is 2.32. The van der Waals surface area contributed by atoms with Crippen LogP contribution in [0.4, 0.5) is 10.1 Å². The monoisotopic (exact) mass is 383 g/mol. The maximum absolute atomic E-state index is 14.3. The molecule has 1 atom stereocenters. The van der Waals surface area contributed by atoms with Gasteiger partial charge >= 0.3 is 0 Å². The quantitative estimate of drug-likeness (QED) is 0.686. The zero-order chi connectivity index (χ0) is 19.0. The molecule has 0 saturated carbocycles. The van der Waals surface area contributed by atoms with Crippen LogP contribution in [0.2, 0.25) is 0 Å². The zero-order valence-electron chi connectivity index (χ0n) is 14.9. The van der Waals surface area contributed by atoms with Crippen molar-refractivity contribution in [3.8, 4) is 22.6 Å². The Morgan fingerprint density at radius 1 is 1.11 bits per heavy atom. The van der Waals surface area contributed by atoms with E-state index in [0.717, 1.165) is 10.4 Å². The first kappa shape index (κ1) is 17.5. The van der Waals surface area contributed by atoms with Crippen LogP contribution in [-0.2, 0) is 4.79 Å². The zero-order valence-corrected chi connectivity index (χ0v) is 15.7. The third-order valence-electron chi connectivity index (χ3n) is 4.77. The molecule has 0 bridgehead atoms. The maximum atomic E-state index is 14.3. The molecule has 1 N–H and O–H groups in total. The summed E-state index contributed by atoms with van der Waals surface area (Å²) in [5.41, 5.74) is 2.74. The second kappa shape index (κ2) is 7.04. The van der Waals surface area contributed by atoms with E-state index in [-0.39, 0.29) is 17.6 Å². The highest BCUT2D eigenvalue weighted by Crippen LogP contribution is 2.49. The van der Waals surface area contributed by atoms with Gasteiger partial charge in [-0.05, 0) is 24.3 Å². The minimum absolute atomic E-state index is 0.103. The number of anilines is 1. The Morgan fingerprint density at radius 2 is 1.93 bits per heavy atom. The standard InChI is InChI=1S/C21H18FNO3S/c1-25-12-7-8-18(26-2)14(9-12)15-10-19(24)23-20-16(11-27-21(15)20)13-5-3-4-6-17(13)22/h3-9,11,15H,10H2,1-2H3,(H,23,24). The topological polar surface area (TPSA) is 47.6 Å². The molecule has 1 unspecified atom stereocenters. The average molecular weight is 383 g/mol. The minimum Gasteiger partial charge on any atom is -0.497 e. The second-order valence-electron chi connectivity index (χ2n) is 6.28. The van der Waals surface area contributed by atoms with Crippen molar-refractivity contribution < 1.29 is 18.7 Å². The van der Waals surface area contributed by atoms with Crippen LogP contribution in [0.1, 0.15) is 22.8 Å². The van der Waals surface area contributed by atoms with Gasteiger partial charge < -0.3 is 14.8 Å². The lowest BCUT2D eigenvalue weighted by atomic mass is 9.88. The van der Waals surface area contributed by atoms with Gasteiger partial charge in [-0.2, -0.15) is 0 Å². The Bertz CT molecular complexity index is 1010. The smallest absolute Gasteiger partial charge is 0.225 e. The second-order valence-corrected chi connectivity index (χ2v) is 7.19. The molecule has 4 rings (SSSR count). The molecule has 0 spiro atoms. The molecule has 0 fully saturated rings. The van der Waals surface area contributed by atoms with Crippen LogP contribution in [-0.4, -0.2) is 20.1 Å². The molecule has 1 amide bonds. The summed E-state index contributed by atoms with van der Waals surface area (Å²) in [6.07, 6.45) is 0.299. The van der Waals surface area contributed by atoms with Crippen LogP contribution in [0.15, 0.2) is 47.8 Å². The average Bonchev–Trinajstić information content (AvgIpc) is 3.10. The van der Waals surface area contributed by atoms with Gasteiger partial charge in [-0.25, -0.2) is 4.39 Å². The number of fused-ring (bicyclic) bond motifs is 1.